The number of anilines is 1. The first-order valence-electron chi connectivity index (χ1n) is 8.90. The molecule has 6 heteroatoms. The van der Waals surface area contributed by atoms with Crippen LogP contribution in [0.15, 0.2) is 17.1 Å². The summed E-state index contributed by atoms with van der Waals surface area (Å²) in [6.07, 6.45) is 5.12. The van der Waals surface area contributed by atoms with Crippen molar-refractivity contribution in [2.45, 2.75) is 39.5 Å². The molecule has 0 heterocycles. The molecule has 0 saturated heterocycles. The first-order valence-corrected chi connectivity index (χ1v) is 8.90. The van der Waals surface area contributed by atoms with Crippen LogP contribution in [0.5, 0.6) is 17.2 Å². The smallest absolute Gasteiger partial charge is 0.203 e. The molecule has 2 rings (SSSR count). The summed E-state index contributed by atoms with van der Waals surface area (Å²) in [5.41, 5.74) is 1.16. The second-order valence-corrected chi connectivity index (χ2v) is 6.75. The number of ether oxygens (including phenoxy) is 3. The van der Waals surface area contributed by atoms with Gasteiger partial charge >= 0.3 is 0 Å². The van der Waals surface area contributed by atoms with E-state index in [1.54, 1.807) is 21.3 Å². The summed E-state index contributed by atoms with van der Waals surface area (Å²) in [7, 11) is 4.82. The molecule has 1 aliphatic carbocycles. The highest BCUT2D eigenvalue weighted by atomic mass is 16.5. The van der Waals surface area contributed by atoms with Gasteiger partial charge in [-0.3, -0.25) is 4.99 Å². The largest absolute Gasteiger partial charge is 0.493 e. The fourth-order valence-corrected chi connectivity index (χ4v) is 3.25. The predicted octanol–water partition coefficient (Wildman–Crippen LogP) is 3.67. The Balaban J connectivity index is 2.20. The Kier molecular flexibility index (Phi) is 6.79. The van der Waals surface area contributed by atoms with Gasteiger partial charge in [0.25, 0.3) is 0 Å². The Morgan fingerprint density at radius 1 is 1.08 bits per heavy atom. The molecule has 0 aliphatic heterocycles. The second-order valence-electron chi connectivity index (χ2n) is 6.75. The summed E-state index contributed by atoms with van der Waals surface area (Å²) in [6, 6.07) is 3.76. The lowest BCUT2D eigenvalue weighted by atomic mass is 9.89. The number of hydrogen-bond donors (Lipinski definition) is 2. The Bertz CT molecular complexity index is 571. The van der Waals surface area contributed by atoms with Crippen molar-refractivity contribution in [2.24, 2.45) is 10.4 Å². The predicted molar refractivity (Wildman–Crippen MR) is 102 cm³/mol. The summed E-state index contributed by atoms with van der Waals surface area (Å²) in [6.45, 7) is 6.01. The Morgan fingerprint density at radius 3 is 2.16 bits per heavy atom. The minimum atomic E-state index is 0.317. The SMILES string of the molecule is CCNC(=NCC1(C)CCCC1)Nc1cc(OC)c(OC)c(OC)c1. The number of rotatable bonds is 7. The molecule has 0 aromatic heterocycles. The second kappa shape index (κ2) is 8.83. The lowest BCUT2D eigenvalue weighted by molar-refractivity contribution is 0.324. The molecule has 1 aromatic rings. The number of nitrogens with zero attached hydrogens (tertiary/aromatic N) is 1. The zero-order valence-electron chi connectivity index (χ0n) is 16.1. The standard InChI is InChI=1S/C19H31N3O3/c1-6-20-18(21-13-19(2)9-7-8-10-19)22-14-11-15(23-3)17(25-5)16(12-14)24-4/h11-12H,6-10,13H2,1-5H3,(H2,20,21,22). The lowest BCUT2D eigenvalue weighted by Gasteiger charge is -2.22. The van der Waals surface area contributed by atoms with E-state index < -0.39 is 0 Å². The Morgan fingerprint density at radius 2 is 1.68 bits per heavy atom. The quantitative estimate of drug-likeness (QED) is 0.581. The summed E-state index contributed by atoms with van der Waals surface area (Å²) in [5.74, 6) is 2.58. The molecule has 2 N–H and O–H groups in total. The van der Waals surface area contributed by atoms with Crippen LogP contribution < -0.4 is 24.8 Å². The Hall–Kier alpha value is -2.11. The van der Waals surface area contributed by atoms with Crippen molar-refractivity contribution in [1.29, 1.82) is 0 Å². The summed E-state index contributed by atoms with van der Waals surface area (Å²) in [5, 5.41) is 6.65. The van der Waals surface area contributed by atoms with Crippen LogP contribution in [0, 0.1) is 5.41 Å². The monoisotopic (exact) mass is 349 g/mol. The average Bonchev–Trinajstić information content (AvgIpc) is 3.06. The van der Waals surface area contributed by atoms with Crippen molar-refractivity contribution in [3.63, 3.8) is 0 Å². The highest BCUT2D eigenvalue weighted by Crippen LogP contribution is 2.40. The van der Waals surface area contributed by atoms with Crippen LogP contribution in [0.25, 0.3) is 0 Å². The number of hydrogen-bond acceptors (Lipinski definition) is 4. The molecular weight excluding hydrogens is 318 g/mol. The third kappa shape index (κ3) is 4.94. The van der Waals surface area contributed by atoms with Crippen molar-refractivity contribution in [3.8, 4) is 17.2 Å². The van der Waals surface area contributed by atoms with Gasteiger partial charge in [0.15, 0.2) is 17.5 Å². The van der Waals surface area contributed by atoms with Gasteiger partial charge in [-0.15, -0.1) is 0 Å². The molecule has 140 valence electrons. The van der Waals surface area contributed by atoms with Gasteiger partial charge in [-0.05, 0) is 25.2 Å². The minimum absolute atomic E-state index is 0.317. The third-order valence-electron chi connectivity index (χ3n) is 4.70. The third-order valence-corrected chi connectivity index (χ3v) is 4.70. The number of methoxy groups -OCH3 is 3. The van der Waals surface area contributed by atoms with Crippen LogP contribution in [-0.2, 0) is 0 Å². The highest BCUT2D eigenvalue weighted by Gasteiger charge is 2.28. The van der Waals surface area contributed by atoms with Crippen molar-refractivity contribution in [2.75, 3.05) is 39.7 Å². The molecule has 0 amide bonds. The molecule has 1 aromatic carbocycles. The van der Waals surface area contributed by atoms with E-state index in [4.69, 9.17) is 19.2 Å². The lowest BCUT2D eigenvalue weighted by Crippen LogP contribution is -2.32. The van der Waals surface area contributed by atoms with E-state index in [1.165, 1.54) is 25.7 Å². The number of guanidine groups is 1. The van der Waals surface area contributed by atoms with E-state index in [2.05, 4.69) is 24.5 Å². The molecule has 1 aliphatic rings. The summed E-state index contributed by atoms with van der Waals surface area (Å²) in [4.78, 5) is 4.80. The maximum Gasteiger partial charge on any atom is 0.203 e. The topological polar surface area (TPSA) is 64.1 Å². The first kappa shape index (κ1) is 19.2. The van der Waals surface area contributed by atoms with E-state index in [9.17, 15) is 0 Å². The number of benzene rings is 1. The zero-order chi connectivity index (χ0) is 18.3. The number of nitrogens with one attached hydrogen (secondary N) is 2. The summed E-state index contributed by atoms with van der Waals surface area (Å²) >= 11 is 0. The molecule has 0 bridgehead atoms. The molecule has 25 heavy (non-hydrogen) atoms. The molecule has 0 atom stereocenters. The van der Waals surface area contributed by atoms with E-state index in [0.717, 1.165) is 24.7 Å². The zero-order valence-corrected chi connectivity index (χ0v) is 16.1. The normalized spacial score (nSPS) is 16.4. The molecule has 1 fully saturated rings. The van der Waals surface area contributed by atoms with Gasteiger partial charge in [-0.1, -0.05) is 19.8 Å². The molecule has 0 unspecified atom stereocenters. The van der Waals surface area contributed by atoms with Crippen LogP contribution in [0.3, 0.4) is 0 Å². The van der Waals surface area contributed by atoms with Gasteiger partial charge < -0.3 is 24.8 Å². The van der Waals surface area contributed by atoms with Gasteiger partial charge in [0, 0.05) is 30.9 Å². The van der Waals surface area contributed by atoms with Gasteiger partial charge in [-0.2, -0.15) is 0 Å². The van der Waals surface area contributed by atoms with Gasteiger partial charge in [0.05, 0.1) is 21.3 Å². The van der Waals surface area contributed by atoms with Crippen LogP contribution in [0.4, 0.5) is 5.69 Å². The molecule has 0 spiro atoms. The van der Waals surface area contributed by atoms with Crippen LogP contribution >= 0.6 is 0 Å². The van der Waals surface area contributed by atoms with Gasteiger partial charge in [0.2, 0.25) is 5.75 Å². The van der Waals surface area contributed by atoms with Crippen LogP contribution in [0.1, 0.15) is 39.5 Å². The van der Waals surface area contributed by atoms with Crippen LogP contribution in [-0.4, -0.2) is 40.4 Å². The maximum atomic E-state index is 5.41. The van der Waals surface area contributed by atoms with E-state index >= 15 is 0 Å². The fraction of sp³-hybridized carbons (Fsp3) is 0.632. The fourth-order valence-electron chi connectivity index (χ4n) is 3.25. The van der Waals surface area contributed by atoms with Crippen molar-refractivity contribution in [1.82, 2.24) is 5.32 Å². The number of aliphatic imine (C=N–C) groups is 1. The molecular formula is C19H31N3O3. The van der Waals surface area contributed by atoms with Crippen molar-refractivity contribution >= 4 is 11.6 Å². The summed E-state index contributed by atoms with van der Waals surface area (Å²) < 4.78 is 16.2. The Labute approximate surface area is 151 Å². The van der Waals surface area contributed by atoms with Crippen molar-refractivity contribution < 1.29 is 14.2 Å². The average molecular weight is 349 g/mol. The molecule has 0 radical (unpaired) electrons. The van der Waals surface area contributed by atoms with Crippen LogP contribution in [0.2, 0.25) is 0 Å². The van der Waals surface area contributed by atoms with E-state index in [-0.39, 0.29) is 0 Å². The molecule has 1 saturated carbocycles. The van der Waals surface area contributed by atoms with Gasteiger partial charge in [-0.25, -0.2) is 0 Å². The first-order chi connectivity index (χ1) is 12.0. The molecule has 6 nitrogen and oxygen atoms in total. The van der Waals surface area contributed by atoms with Crippen molar-refractivity contribution in [3.05, 3.63) is 12.1 Å². The van der Waals surface area contributed by atoms with E-state index in [1.807, 2.05) is 12.1 Å². The highest BCUT2D eigenvalue weighted by molar-refractivity contribution is 5.94. The van der Waals surface area contributed by atoms with Gasteiger partial charge in [0.1, 0.15) is 0 Å². The van der Waals surface area contributed by atoms with E-state index in [0.29, 0.717) is 22.7 Å². The minimum Gasteiger partial charge on any atom is -0.493 e. The maximum absolute atomic E-state index is 5.41.